The van der Waals surface area contributed by atoms with E-state index in [0.29, 0.717) is 18.8 Å². The van der Waals surface area contributed by atoms with Gasteiger partial charge in [-0.3, -0.25) is 0 Å². The zero-order valence-electron chi connectivity index (χ0n) is 12.9. The lowest BCUT2D eigenvalue weighted by Crippen LogP contribution is -2.08. The van der Waals surface area contributed by atoms with E-state index in [9.17, 15) is 4.79 Å². The lowest BCUT2D eigenvalue weighted by atomic mass is 10.0. The van der Waals surface area contributed by atoms with Crippen molar-refractivity contribution in [2.75, 3.05) is 27.9 Å². The minimum absolute atomic E-state index is 0.276. The van der Waals surface area contributed by atoms with Crippen molar-refractivity contribution in [2.24, 2.45) is 0 Å². The summed E-state index contributed by atoms with van der Waals surface area (Å²) in [5.74, 6) is 0.798. The Hall–Kier alpha value is -2.01. The summed E-state index contributed by atoms with van der Waals surface area (Å²) in [5.41, 5.74) is 0.898. The molecule has 0 saturated carbocycles. The molecule has 0 spiro atoms. The number of carbonyl (C=O) groups is 1. The standard InChI is InChI=1S/C16H22O5/c1-5-21-16(17)11-12(18-2)10-15(20-4)13-8-6-7-9-14(13)19-3/h6-9,11,15H,5,10H2,1-4H3/b12-11-. The van der Waals surface area contributed by atoms with Crippen LogP contribution in [0.3, 0.4) is 0 Å². The summed E-state index contributed by atoms with van der Waals surface area (Å²) in [6, 6.07) is 7.58. The highest BCUT2D eigenvalue weighted by molar-refractivity contribution is 5.82. The van der Waals surface area contributed by atoms with E-state index >= 15 is 0 Å². The van der Waals surface area contributed by atoms with Gasteiger partial charge in [0.1, 0.15) is 11.5 Å². The summed E-state index contributed by atoms with van der Waals surface area (Å²) < 4.78 is 20.9. The molecule has 0 aliphatic carbocycles. The van der Waals surface area contributed by atoms with Crippen LogP contribution in [0.5, 0.6) is 5.75 Å². The van der Waals surface area contributed by atoms with Gasteiger partial charge < -0.3 is 18.9 Å². The molecule has 0 bridgehead atoms. The molecule has 5 heteroatoms. The maximum atomic E-state index is 11.5. The SMILES string of the molecule is CCOC(=O)/C=C(/CC(OC)c1ccccc1OC)OC. The van der Waals surface area contributed by atoms with Gasteiger partial charge in [-0.2, -0.15) is 0 Å². The molecule has 0 radical (unpaired) electrons. The second kappa shape index (κ2) is 9.02. The zero-order valence-corrected chi connectivity index (χ0v) is 12.9. The first-order valence-electron chi connectivity index (χ1n) is 6.73. The largest absolute Gasteiger partial charge is 0.501 e. The highest BCUT2D eigenvalue weighted by Gasteiger charge is 2.18. The van der Waals surface area contributed by atoms with Gasteiger partial charge in [0.05, 0.1) is 33.0 Å². The van der Waals surface area contributed by atoms with Crippen molar-refractivity contribution in [2.45, 2.75) is 19.4 Å². The first-order valence-corrected chi connectivity index (χ1v) is 6.73. The fraction of sp³-hybridized carbons (Fsp3) is 0.438. The lowest BCUT2D eigenvalue weighted by Gasteiger charge is -2.19. The molecule has 116 valence electrons. The van der Waals surface area contributed by atoms with Crippen LogP contribution in [0.4, 0.5) is 0 Å². The van der Waals surface area contributed by atoms with E-state index < -0.39 is 5.97 Å². The van der Waals surface area contributed by atoms with Crippen molar-refractivity contribution in [1.29, 1.82) is 0 Å². The minimum atomic E-state index is -0.427. The molecule has 0 N–H and O–H groups in total. The van der Waals surface area contributed by atoms with E-state index in [1.54, 1.807) is 21.1 Å². The number of hydrogen-bond donors (Lipinski definition) is 0. The fourth-order valence-corrected chi connectivity index (χ4v) is 1.95. The average molecular weight is 294 g/mol. The number of hydrogen-bond acceptors (Lipinski definition) is 5. The molecule has 0 aromatic heterocycles. The third-order valence-corrected chi connectivity index (χ3v) is 2.98. The lowest BCUT2D eigenvalue weighted by molar-refractivity contribution is -0.137. The number of rotatable bonds is 8. The van der Waals surface area contributed by atoms with Gasteiger partial charge in [0.25, 0.3) is 0 Å². The molecular weight excluding hydrogens is 272 g/mol. The first-order chi connectivity index (χ1) is 10.2. The Bertz CT molecular complexity index is 481. The molecule has 0 aliphatic rings. The average Bonchev–Trinajstić information content (AvgIpc) is 2.51. The number of ether oxygens (including phenoxy) is 4. The number of esters is 1. The van der Waals surface area contributed by atoms with Crippen molar-refractivity contribution in [3.05, 3.63) is 41.7 Å². The molecule has 1 rings (SSSR count). The van der Waals surface area contributed by atoms with Gasteiger partial charge >= 0.3 is 5.97 Å². The van der Waals surface area contributed by atoms with Crippen molar-refractivity contribution in [3.63, 3.8) is 0 Å². The van der Waals surface area contributed by atoms with Crippen molar-refractivity contribution in [3.8, 4) is 5.75 Å². The topological polar surface area (TPSA) is 54.0 Å². The molecular formula is C16H22O5. The first kappa shape index (κ1) is 17.0. The molecule has 0 saturated heterocycles. The normalized spacial score (nSPS) is 12.7. The van der Waals surface area contributed by atoms with Crippen LogP contribution in [0.15, 0.2) is 36.1 Å². The highest BCUT2D eigenvalue weighted by atomic mass is 16.5. The van der Waals surface area contributed by atoms with Crippen LogP contribution in [0, 0.1) is 0 Å². The van der Waals surface area contributed by atoms with Crippen LogP contribution in [0.25, 0.3) is 0 Å². The quantitative estimate of drug-likeness (QED) is 0.419. The predicted molar refractivity (Wildman–Crippen MR) is 79.1 cm³/mol. The number of para-hydroxylation sites is 1. The summed E-state index contributed by atoms with van der Waals surface area (Å²) in [7, 11) is 4.73. The van der Waals surface area contributed by atoms with Gasteiger partial charge in [-0.15, -0.1) is 0 Å². The Morgan fingerprint density at radius 3 is 2.52 bits per heavy atom. The molecule has 0 heterocycles. The van der Waals surface area contributed by atoms with Gasteiger partial charge in [-0.1, -0.05) is 18.2 Å². The fourth-order valence-electron chi connectivity index (χ4n) is 1.95. The minimum Gasteiger partial charge on any atom is -0.501 e. The van der Waals surface area contributed by atoms with Gasteiger partial charge in [0.2, 0.25) is 0 Å². The zero-order chi connectivity index (χ0) is 15.7. The maximum Gasteiger partial charge on any atom is 0.334 e. The third kappa shape index (κ3) is 5.11. The number of carbonyl (C=O) groups excluding carboxylic acids is 1. The molecule has 0 fully saturated rings. The number of benzene rings is 1. The van der Waals surface area contributed by atoms with Crippen molar-refractivity contribution in [1.82, 2.24) is 0 Å². The molecule has 1 unspecified atom stereocenters. The van der Waals surface area contributed by atoms with Crippen LogP contribution in [0.2, 0.25) is 0 Å². The summed E-state index contributed by atoms with van der Waals surface area (Å²) >= 11 is 0. The second-order valence-corrected chi connectivity index (χ2v) is 4.24. The predicted octanol–water partition coefficient (Wildman–Crippen LogP) is 2.87. The van der Waals surface area contributed by atoms with Crippen LogP contribution in [-0.2, 0) is 19.0 Å². The van der Waals surface area contributed by atoms with E-state index in [1.807, 2.05) is 24.3 Å². The Morgan fingerprint density at radius 1 is 1.24 bits per heavy atom. The summed E-state index contributed by atoms with van der Waals surface area (Å²) in [6.07, 6.45) is 1.47. The molecule has 0 aliphatic heterocycles. The van der Waals surface area contributed by atoms with E-state index in [0.717, 1.165) is 11.3 Å². The van der Waals surface area contributed by atoms with E-state index in [-0.39, 0.29) is 6.10 Å². The van der Waals surface area contributed by atoms with E-state index in [4.69, 9.17) is 18.9 Å². The van der Waals surface area contributed by atoms with Crippen molar-refractivity contribution < 1.29 is 23.7 Å². The Morgan fingerprint density at radius 2 is 1.95 bits per heavy atom. The van der Waals surface area contributed by atoms with Crippen LogP contribution >= 0.6 is 0 Å². The van der Waals surface area contributed by atoms with Gasteiger partial charge in [0.15, 0.2) is 0 Å². The van der Waals surface area contributed by atoms with Gasteiger partial charge in [0, 0.05) is 19.1 Å². The monoisotopic (exact) mass is 294 g/mol. The molecule has 1 aromatic carbocycles. The Balaban J connectivity index is 2.92. The second-order valence-electron chi connectivity index (χ2n) is 4.24. The summed E-state index contributed by atoms with van der Waals surface area (Å²) in [5, 5.41) is 0. The Kier molecular flexibility index (Phi) is 7.32. The highest BCUT2D eigenvalue weighted by Crippen LogP contribution is 2.31. The van der Waals surface area contributed by atoms with Crippen LogP contribution < -0.4 is 4.74 Å². The van der Waals surface area contributed by atoms with Crippen LogP contribution in [0.1, 0.15) is 25.0 Å². The molecule has 1 atom stereocenters. The van der Waals surface area contributed by atoms with Crippen LogP contribution in [-0.4, -0.2) is 33.9 Å². The number of methoxy groups -OCH3 is 3. The van der Waals surface area contributed by atoms with Gasteiger partial charge in [-0.25, -0.2) is 4.79 Å². The smallest absolute Gasteiger partial charge is 0.334 e. The Labute approximate surface area is 125 Å². The van der Waals surface area contributed by atoms with Gasteiger partial charge in [-0.05, 0) is 13.0 Å². The summed E-state index contributed by atoms with van der Waals surface area (Å²) in [6.45, 7) is 2.08. The molecule has 21 heavy (non-hydrogen) atoms. The third-order valence-electron chi connectivity index (χ3n) is 2.98. The molecule has 5 nitrogen and oxygen atoms in total. The molecule has 1 aromatic rings. The summed E-state index contributed by atoms with van der Waals surface area (Å²) in [4.78, 5) is 11.5. The maximum absolute atomic E-state index is 11.5. The van der Waals surface area contributed by atoms with E-state index in [2.05, 4.69) is 0 Å². The van der Waals surface area contributed by atoms with E-state index in [1.165, 1.54) is 13.2 Å². The molecule has 0 amide bonds. The van der Waals surface area contributed by atoms with Crippen molar-refractivity contribution >= 4 is 5.97 Å².